The zero-order valence-corrected chi connectivity index (χ0v) is 14.6. The maximum atomic E-state index is 10.9. The van der Waals surface area contributed by atoms with Gasteiger partial charge in [-0.1, -0.05) is 31.2 Å². The molecule has 0 saturated heterocycles. The molecule has 0 heterocycles. The molecular weight excluding hydrogens is 272 g/mol. The van der Waals surface area contributed by atoms with E-state index < -0.39 is 11.2 Å². The van der Waals surface area contributed by atoms with Crippen molar-refractivity contribution in [2.24, 2.45) is 29.1 Å². The largest absolute Gasteiger partial charge is 0.390 e. The Kier molecular flexibility index (Phi) is 3.66. The predicted molar refractivity (Wildman–Crippen MR) is 90.4 cm³/mol. The lowest BCUT2D eigenvalue weighted by Gasteiger charge is -2.32. The third-order valence-corrected chi connectivity index (χ3v) is 6.82. The summed E-state index contributed by atoms with van der Waals surface area (Å²) in [6, 6.07) is 0. The van der Waals surface area contributed by atoms with Gasteiger partial charge in [0, 0.05) is 0 Å². The molecule has 0 aromatic heterocycles. The Labute approximate surface area is 135 Å². The van der Waals surface area contributed by atoms with Crippen LogP contribution in [0.3, 0.4) is 0 Å². The van der Waals surface area contributed by atoms with Gasteiger partial charge < -0.3 is 10.2 Å². The summed E-state index contributed by atoms with van der Waals surface area (Å²) in [5.74, 6) is 2.22. The van der Waals surface area contributed by atoms with Crippen molar-refractivity contribution in [2.75, 3.05) is 0 Å². The van der Waals surface area contributed by atoms with Crippen LogP contribution in [0.15, 0.2) is 24.3 Å². The number of rotatable bonds is 3. The molecule has 22 heavy (non-hydrogen) atoms. The highest BCUT2D eigenvalue weighted by atomic mass is 16.3. The average molecular weight is 304 g/mol. The van der Waals surface area contributed by atoms with E-state index in [0.717, 1.165) is 25.7 Å². The van der Waals surface area contributed by atoms with Crippen molar-refractivity contribution in [2.45, 2.75) is 71.0 Å². The monoisotopic (exact) mass is 304 g/mol. The molecule has 0 bridgehead atoms. The fraction of sp³-hybridized carbons (Fsp3) is 0.800. The third-order valence-electron chi connectivity index (χ3n) is 6.82. The topological polar surface area (TPSA) is 40.5 Å². The quantitative estimate of drug-likeness (QED) is 0.771. The van der Waals surface area contributed by atoms with E-state index in [9.17, 15) is 10.2 Å². The molecule has 3 saturated carbocycles. The molecule has 0 aromatic carbocycles. The standard InChI is InChI=1S/C20H32O2/c1-13-7-8-15-17(16-14(13)9-12-20(16,5)22)19(15,4)11-6-10-18(2,3)21/h6,10,14-17,21-22H,1,7-9,11-12H2,2-5H3/b10-6+/t14-,15+,16+,17+,19-,20-/m0/s1. The molecule has 2 N–H and O–H groups in total. The fourth-order valence-electron chi connectivity index (χ4n) is 5.61. The second kappa shape index (κ2) is 4.95. The van der Waals surface area contributed by atoms with Gasteiger partial charge in [-0.05, 0) is 82.0 Å². The van der Waals surface area contributed by atoms with Crippen LogP contribution in [0, 0.1) is 29.1 Å². The summed E-state index contributed by atoms with van der Waals surface area (Å²) in [6.45, 7) is 12.4. The van der Waals surface area contributed by atoms with Crippen LogP contribution >= 0.6 is 0 Å². The summed E-state index contributed by atoms with van der Waals surface area (Å²) in [5, 5.41) is 20.8. The summed E-state index contributed by atoms with van der Waals surface area (Å²) in [5.41, 5.74) is 0.408. The molecule has 3 fully saturated rings. The van der Waals surface area contributed by atoms with Crippen LogP contribution < -0.4 is 0 Å². The minimum absolute atomic E-state index is 0.291. The Morgan fingerprint density at radius 1 is 1.27 bits per heavy atom. The smallest absolute Gasteiger partial charge is 0.0771 e. The van der Waals surface area contributed by atoms with Crippen LogP contribution in [0.1, 0.15) is 59.8 Å². The number of allylic oxidation sites excluding steroid dienone is 2. The van der Waals surface area contributed by atoms with E-state index in [1.165, 1.54) is 12.0 Å². The Balaban J connectivity index is 1.81. The van der Waals surface area contributed by atoms with Crippen molar-refractivity contribution in [3.63, 3.8) is 0 Å². The van der Waals surface area contributed by atoms with E-state index in [1.54, 1.807) is 0 Å². The maximum Gasteiger partial charge on any atom is 0.0771 e. The molecule has 3 aliphatic rings. The lowest BCUT2D eigenvalue weighted by Crippen LogP contribution is -2.35. The lowest BCUT2D eigenvalue weighted by atomic mass is 9.77. The van der Waals surface area contributed by atoms with E-state index in [1.807, 2.05) is 26.8 Å². The van der Waals surface area contributed by atoms with Crippen LogP contribution in [0.4, 0.5) is 0 Å². The zero-order valence-electron chi connectivity index (χ0n) is 14.6. The number of fused-ring (bicyclic) bond motifs is 3. The normalized spacial score (nSPS) is 48.2. The van der Waals surface area contributed by atoms with Gasteiger partial charge in [0.15, 0.2) is 0 Å². The van der Waals surface area contributed by atoms with Gasteiger partial charge in [0.25, 0.3) is 0 Å². The van der Waals surface area contributed by atoms with Crippen LogP contribution in [0.5, 0.6) is 0 Å². The second-order valence-electron chi connectivity index (χ2n) is 9.12. The highest BCUT2D eigenvalue weighted by Gasteiger charge is 2.68. The van der Waals surface area contributed by atoms with Gasteiger partial charge >= 0.3 is 0 Å². The highest BCUT2D eigenvalue weighted by Crippen LogP contribution is 2.72. The van der Waals surface area contributed by atoms with Gasteiger partial charge in [-0.15, -0.1) is 0 Å². The minimum Gasteiger partial charge on any atom is -0.390 e. The molecule has 0 radical (unpaired) electrons. The Bertz CT molecular complexity index is 496. The Morgan fingerprint density at radius 3 is 2.59 bits per heavy atom. The van der Waals surface area contributed by atoms with Crippen LogP contribution in [0.2, 0.25) is 0 Å². The molecule has 0 aliphatic heterocycles. The summed E-state index contributed by atoms with van der Waals surface area (Å²) in [6.07, 6.45) is 9.46. The maximum absolute atomic E-state index is 10.9. The first-order chi connectivity index (χ1) is 10.1. The van der Waals surface area contributed by atoms with Gasteiger partial charge in [-0.3, -0.25) is 0 Å². The summed E-state index contributed by atoms with van der Waals surface area (Å²) < 4.78 is 0. The number of hydrogen-bond donors (Lipinski definition) is 2. The Hall–Kier alpha value is -0.600. The first-order valence-corrected chi connectivity index (χ1v) is 8.86. The fourth-order valence-corrected chi connectivity index (χ4v) is 5.61. The molecule has 0 unspecified atom stereocenters. The van der Waals surface area contributed by atoms with Crippen molar-refractivity contribution in [1.29, 1.82) is 0 Å². The number of aliphatic hydroxyl groups is 2. The van der Waals surface area contributed by atoms with Gasteiger partial charge in [-0.25, -0.2) is 0 Å². The van der Waals surface area contributed by atoms with Gasteiger partial charge in [0.05, 0.1) is 11.2 Å². The molecule has 124 valence electrons. The van der Waals surface area contributed by atoms with Crippen LogP contribution in [-0.4, -0.2) is 21.4 Å². The van der Waals surface area contributed by atoms with Crippen molar-refractivity contribution in [1.82, 2.24) is 0 Å². The SMILES string of the molecule is C=C1CC[C@@H]2[C@H]([C@H]3[C@H]1CC[C@]3(C)O)[C@@]2(C)C/C=C/C(C)(C)O. The van der Waals surface area contributed by atoms with Crippen molar-refractivity contribution < 1.29 is 10.2 Å². The second-order valence-corrected chi connectivity index (χ2v) is 9.12. The van der Waals surface area contributed by atoms with E-state index in [2.05, 4.69) is 19.6 Å². The van der Waals surface area contributed by atoms with E-state index in [4.69, 9.17) is 0 Å². The molecule has 2 nitrogen and oxygen atoms in total. The molecular formula is C20H32O2. The van der Waals surface area contributed by atoms with E-state index in [-0.39, 0.29) is 0 Å². The molecule has 6 atom stereocenters. The van der Waals surface area contributed by atoms with Crippen molar-refractivity contribution >= 4 is 0 Å². The Morgan fingerprint density at radius 2 is 1.95 bits per heavy atom. The minimum atomic E-state index is -0.733. The van der Waals surface area contributed by atoms with Gasteiger partial charge in [0.1, 0.15) is 0 Å². The van der Waals surface area contributed by atoms with Crippen LogP contribution in [-0.2, 0) is 0 Å². The molecule has 0 spiro atoms. The lowest BCUT2D eigenvalue weighted by molar-refractivity contribution is -0.00194. The van der Waals surface area contributed by atoms with Crippen LogP contribution in [0.25, 0.3) is 0 Å². The highest BCUT2D eigenvalue weighted by molar-refractivity contribution is 5.24. The van der Waals surface area contributed by atoms with Crippen molar-refractivity contribution in [3.05, 3.63) is 24.3 Å². The molecule has 0 amide bonds. The van der Waals surface area contributed by atoms with Gasteiger partial charge in [-0.2, -0.15) is 0 Å². The third kappa shape index (κ3) is 2.59. The molecule has 3 rings (SSSR count). The van der Waals surface area contributed by atoms with E-state index in [0.29, 0.717) is 29.1 Å². The predicted octanol–water partition coefficient (Wildman–Crippen LogP) is 4.08. The van der Waals surface area contributed by atoms with Gasteiger partial charge in [0.2, 0.25) is 0 Å². The van der Waals surface area contributed by atoms with E-state index >= 15 is 0 Å². The first kappa shape index (κ1) is 16.3. The summed E-state index contributed by atoms with van der Waals surface area (Å²) in [4.78, 5) is 0. The first-order valence-electron chi connectivity index (χ1n) is 8.86. The van der Waals surface area contributed by atoms with Crippen molar-refractivity contribution in [3.8, 4) is 0 Å². The molecule has 3 aliphatic carbocycles. The average Bonchev–Trinajstić information content (AvgIpc) is 2.85. The zero-order chi connectivity index (χ0) is 16.3. The molecule has 2 heteroatoms. The number of hydrogen-bond acceptors (Lipinski definition) is 2. The summed E-state index contributed by atoms with van der Waals surface area (Å²) in [7, 11) is 0. The molecule has 0 aromatic rings. The summed E-state index contributed by atoms with van der Waals surface area (Å²) >= 11 is 0.